The Morgan fingerprint density at radius 3 is 2.64 bits per heavy atom. The molecule has 1 atom stereocenters. The molecule has 3 aromatic carbocycles. The molecule has 0 saturated heterocycles. The number of hydrogen-bond donors (Lipinski definition) is 2. The Hall–Kier alpha value is -4.40. The molecule has 200 valence electrons. The molecule has 2 amide bonds. The average Bonchev–Trinajstić information content (AvgIpc) is 3.41. The van der Waals surface area contributed by atoms with Crippen LogP contribution in [0.15, 0.2) is 71.8 Å². The van der Waals surface area contributed by atoms with E-state index < -0.39 is 17.1 Å². The van der Waals surface area contributed by atoms with E-state index in [2.05, 4.69) is 10.4 Å². The summed E-state index contributed by atoms with van der Waals surface area (Å²) in [6.07, 6.45) is 0.429. The monoisotopic (exact) mass is 548 g/mol. The third-order valence-corrected chi connectivity index (χ3v) is 6.93. The molecule has 1 aliphatic heterocycles. The molecule has 0 bridgehead atoms. The first-order valence-corrected chi connectivity index (χ1v) is 12.9. The highest BCUT2D eigenvalue weighted by Gasteiger charge is 2.37. The van der Waals surface area contributed by atoms with Crippen LogP contribution >= 0.6 is 11.8 Å². The van der Waals surface area contributed by atoms with E-state index in [1.54, 1.807) is 54.6 Å². The number of thioether (sulfide) groups is 1. The number of carbonyl (C=O) groups excluding carboxylic acids is 2. The smallest absolute Gasteiger partial charge is 0.276 e. The van der Waals surface area contributed by atoms with Crippen LogP contribution in [-0.4, -0.2) is 53.8 Å². The Morgan fingerprint density at radius 2 is 1.92 bits per heavy atom. The minimum Gasteiger partial charge on any atom is -0.492 e. The number of hydrogen-bond acceptors (Lipinski definition) is 8. The molecule has 1 unspecified atom stereocenters. The topological polar surface area (TPSA) is 124 Å². The van der Waals surface area contributed by atoms with Gasteiger partial charge in [-0.05, 0) is 48.9 Å². The first-order valence-electron chi connectivity index (χ1n) is 12.0. The molecule has 39 heavy (non-hydrogen) atoms. The molecule has 0 radical (unpaired) electrons. The fourth-order valence-corrected chi connectivity index (χ4v) is 5.02. The number of rotatable bonds is 10. The minimum atomic E-state index is -0.721. The Balaban J connectivity index is 1.69. The molecule has 2 N–H and O–H groups in total. The molecule has 0 fully saturated rings. The second-order valence-electron chi connectivity index (χ2n) is 8.28. The first kappa shape index (κ1) is 27.6. The van der Waals surface area contributed by atoms with Gasteiger partial charge in [-0.25, -0.2) is 9.40 Å². The molecule has 3 aromatic rings. The largest absolute Gasteiger partial charge is 0.492 e. The summed E-state index contributed by atoms with van der Waals surface area (Å²) < 4.78 is 25.0. The summed E-state index contributed by atoms with van der Waals surface area (Å²) in [7, 11) is 1.45. The van der Waals surface area contributed by atoms with Crippen LogP contribution in [0.3, 0.4) is 0 Å². The number of hydrazone groups is 1. The fraction of sp³-hybridized carbons (Fsp3) is 0.214. The molecule has 11 heteroatoms. The van der Waals surface area contributed by atoms with Crippen LogP contribution in [-0.2, 0) is 4.79 Å². The van der Waals surface area contributed by atoms with E-state index in [-0.39, 0.29) is 36.0 Å². The zero-order valence-corrected chi connectivity index (χ0v) is 21.8. The minimum absolute atomic E-state index is 0.0356. The van der Waals surface area contributed by atoms with Gasteiger partial charge >= 0.3 is 0 Å². The number of aliphatic hydroxyl groups excluding tert-OH is 1. The lowest BCUT2D eigenvalue weighted by Crippen LogP contribution is -2.30. The second kappa shape index (κ2) is 12.9. The molecular formula is C28H25FN4O5S. The van der Waals surface area contributed by atoms with E-state index in [1.165, 1.54) is 36.0 Å². The third kappa shape index (κ3) is 6.37. The summed E-state index contributed by atoms with van der Waals surface area (Å²) in [4.78, 5) is 25.8. The fourth-order valence-electron chi connectivity index (χ4n) is 3.85. The lowest BCUT2D eigenvalue weighted by atomic mass is 10.1. The van der Waals surface area contributed by atoms with Crippen molar-refractivity contribution in [1.29, 1.82) is 5.26 Å². The van der Waals surface area contributed by atoms with Gasteiger partial charge in [0.05, 0.1) is 24.3 Å². The summed E-state index contributed by atoms with van der Waals surface area (Å²) in [6.45, 7) is 0.00397. The number of halogens is 1. The van der Waals surface area contributed by atoms with Crippen molar-refractivity contribution < 1.29 is 28.6 Å². The normalized spacial score (nSPS) is 14.4. The highest BCUT2D eigenvalue weighted by atomic mass is 32.2. The van der Waals surface area contributed by atoms with Crippen molar-refractivity contribution in [3.05, 3.63) is 94.8 Å². The summed E-state index contributed by atoms with van der Waals surface area (Å²) in [5.74, 6) is -0.675. The highest BCUT2D eigenvalue weighted by molar-refractivity contribution is 8.14. The van der Waals surface area contributed by atoms with Gasteiger partial charge in [0.15, 0.2) is 18.1 Å². The van der Waals surface area contributed by atoms with Gasteiger partial charge in [0.2, 0.25) is 0 Å². The van der Waals surface area contributed by atoms with Gasteiger partial charge < -0.3 is 19.9 Å². The molecule has 4 rings (SSSR count). The Morgan fingerprint density at radius 1 is 1.15 bits per heavy atom. The maximum absolute atomic E-state index is 13.7. The number of nitrogens with zero attached hydrogens (tertiary/aromatic N) is 3. The van der Waals surface area contributed by atoms with Crippen molar-refractivity contribution in [3.8, 4) is 17.6 Å². The summed E-state index contributed by atoms with van der Waals surface area (Å²) in [5.41, 5.74) is 1.54. The van der Waals surface area contributed by atoms with E-state index >= 15 is 0 Å². The Labute approximate surface area is 228 Å². The number of aliphatic hydroxyl groups is 1. The van der Waals surface area contributed by atoms with Crippen LogP contribution in [0.2, 0.25) is 0 Å². The van der Waals surface area contributed by atoms with E-state index in [0.29, 0.717) is 34.9 Å². The SMILES string of the molecule is COc1c(OCC(=O)NCCCO)cccc1C1SC(c2ccc(F)cc2)=NN1C(=O)c1ccccc1C#N. The van der Waals surface area contributed by atoms with E-state index in [4.69, 9.17) is 14.6 Å². The number of para-hydroxylation sites is 1. The first-order chi connectivity index (χ1) is 19.0. The number of nitrogens with one attached hydrogen (secondary N) is 1. The molecule has 0 aromatic heterocycles. The van der Waals surface area contributed by atoms with Crippen LogP contribution in [0.25, 0.3) is 0 Å². The van der Waals surface area contributed by atoms with Crippen molar-refractivity contribution in [2.75, 3.05) is 26.9 Å². The van der Waals surface area contributed by atoms with Gasteiger partial charge in [0.25, 0.3) is 11.8 Å². The molecular weight excluding hydrogens is 523 g/mol. The van der Waals surface area contributed by atoms with E-state index in [9.17, 15) is 19.2 Å². The van der Waals surface area contributed by atoms with Gasteiger partial charge in [0, 0.05) is 24.3 Å². The standard InChI is InChI=1S/C28H25FN4O5S/c1-37-25-22(8-4-9-23(25)38-17-24(35)31-14-5-15-34)28-33(27(36)21-7-3-2-6-19(21)16-30)32-26(39-28)18-10-12-20(29)13-11-18/h2-4,6-13,28,34H,5,14-15,17H2,1H3,(H,31,35). The van der Waals surface area contributed by atoms with Gasteiger partial charge in [0.1, 0.15) is 16.2 Å². The lowest BCUT2D eigenvalue weighted by Gasteiger charge is -2.24. The molecule has 1 aliphatic rings. The lowest BCUT2D eigenvalue weighted by molar-refractivity contribution is -0.123. The number of benzene rings is 3. The van der Waals surface area contributed by atoms with Crippen LogP contribution in [0, 0.1) is 17.1 Å². The van der Waals surface area contributed by atoms with Gasteiger partial charge in [-0.15, -0.1) is 0 Å². The molecule has 0 aliphatic carbocycles. The van der Waals surface area contributed by atoms with E-state index in [0.717, 1.165) is 0 Å². The van der Waals surface area contributed by atoms with Crippen molar-refractivity contribution in [3.63, 3.8) is 0 Å². The number of ether oxygens (including phenoxy) is 2. The maximum atomic E-state index is 13.7. The number of amides is 2. The Kier molecular flexibility index (Phi) is 9.14. The van der Waals surface area contributed by atoms with Crippen LogP contribution in [0.4, 0.5) is 4.39 Å². The van der Waals surface area contributed by atoms with Crippen LogP contribution in [0.5, 0.6) is 11.5 Å². The zero-order valence-electron chi connectivity index (χ0n) is 21.0. The predicted molar refractivity (Wildman–Crippen MR) is 144 cm³/mol. The van der Waals surface area contributed by atoms with Crippen molar-refractivity contribution in [2.45, 2.75) is 11.8 Å². The van der Waals surface area contributed by atoms with Crippen LogP contribution in [0.1, 0.15) is 38.8 Å². The highest BCUT2D eigenvalue weighted by Crippen LogP contribution is 2.47. The third-order valence-electron chi connectivity index (χ3n) is 5.72. The van der Waals surface area contributed by atoms with Gasteiger partial charge in [-0.2, -0.15) is 10.4 Å². The molecule has 0 saturated carbocycles. The summed E-state index contributed by atoms with van der Waals surface area (Å²) >= 11 is 1.25. The van der Waals surface area contributed by atoms with E-state index in [1.807, 2.05) is 6.07 Å². The van der Waals surface area contributed by atoms with Crippen molar-refractivity contribution in [2.24, 2.45) is 5.10 Å². The molecule has 0 spiro atoms. The number of nitriles is 1. The van der Waals surface area contributed by atoms with Crippen molar-refractivity contribution >= 4 is 28.6 Å². The average molecular weight is 549 g/mol. The number of carbonyl (C=O) groups is 2. The van der Waals surface area contributed by atoms with Crippen LogP contribution < -0.4 is 14.8 Å². The quantitative estimate of drug-likeness (QED) is 0.369. The van der Waals surface area contributed by atoms with Gasteiger partial charge in [-0.1, -0.05) is 36.0 Å². The zero-order chi connectivity index (χ0) is 27.8. The van der Waals surface area contributed by atoms with Crippen molar-refractivity contribution in [1.82, 2.24) is 10.3 Å². The predicted octanol–water partition coefficient (Wildman–Crippen LogP) is 3.83. The van der Waals surface area contributed by atoms with Gasteiger partial charge in [-0.3, -0.25) is 9.59 Å². The number of methoxy groups -OCH3 is 1. The molecule has 9 nitrogen and oxygen atoms in total. The second-order valence-corrected chi connectivity index (χ2v) is 9.35. The molecule has 1 heterocycles. The summed E-state index contributed by atoms with van der Waals surface area (Å²) in [5, 5.41) is 26.7. The summed E-state index contributed by atoms with van der Waals surface area (Å²) in [6, 6.07) is 19.3. The Bertz CT molecular complexity index is 1420. The maximum Gasteiger partial charge on any atom is 0.276 e.